The normalized spacial score (nSPS) is 21.3. The van der Waals surface area contributed by atoms with Crippen LogP contribution >= 0.6 is 0 Å². The number of ether oxygens (including phenoxy) is 1. The SMILES string of the molecule is Cc1ccc2nccc(N3CCC(C(=O)NCC4CCCO4)CC3)c2c1. The molecule has 0 bridgehead atoms. The van der Waals surface area contributed by atoms with Crippen molar-refractivity contribution in [1.29, 1.82) is 0 Å². The standard InChI is InChI=1S/C21H27N3O2/c1-15-4-5-19-18(13-15)20(6-9-22-19)24-10-7-16(8-11-24)21(25)23-14-17-3-2-12-26-17/h4-6,9,13,16-17H,2-3,7-8,10-12,14H2,1H3,(H,23,25). The van der Waals surface area contributed by atoms with Gasteiger partial charge in [-0.1, -0.05) is 11.6 Å². The van der Waals surface area contributed by atoms with E-state index in [1.165, 1.54) is 16.6 Å². The zero-order chi connectivity index (χ0) is 17.9. The Balaban J connectivity index is 1.37. The van der Waals surface area contributed by atoms with Crippen LogP contribution in [-0.2, 0) is 9.53 Å². The van der Waals surface area contributed by atoms with Crippen molar-refractivity contribution in [2.24, 2.45) is 5.92 Å². The van der Waals surface area contributed by atoms with E-state index in [1.807, 2.05) is 6.20 Å². The third-order valence-electron chi connectivity index (χ3n) is 5.61. The Morgan fingerprint density at radius 2 is 2.12 bits per heavy atom. The van der Waals surface area contributed by atoms with Crippen LogP contribution in [0.1, 0.15) is 31.2 Å². The molecule has 5 nitrogen and oxygen atoms in total. The highest BCUT2D eigenvalue weighted by Crippen LogP contribution is 2.30. The summed E-state index contributed by atoms with van der Waals surface area (Å²) in [5.74, 6) is 0.304. The molecule has 26 heavy (non-hydrogen) atoms. The van der Waals surface area contributed by atoms with Crippen LogP contribution in [0.5, 0.6) is 0 Å². The van der Waals surface area contributed by atoms with Gasteiger partial charge in [0.05, 0.1) is 11.6 Å². The zero-order valence-electron chi connectivity index (χ0n) is 15.4. The molecular weight excluding hydrogens is 326 g/mol. The molecule has 0 spiro atoms. The second kappa shape index (κ2) is 7.62. The average molecular weight is 353 g/mol. The number of nitrogens with one attached hydrogen (secondary N) is 1. The molecule has 1 unspecified atom stereocenters. The van der Waals surface area contributed by atoms with Crippen molar-refractivity contribution in [2.75, 3.05) is 31.1 Å². The monoisotopic (exact) mass is 353 g/mol. The van der Waals surface area contributed by atoms with Crippen LogP contribution in [0.15, 0.2) is 30.5 Å². The molecule has 0 aliphatic carbocycles. The molecule has 2 aliphatic rings. The van der Waals surface area contributed by atoms with E-state index in [-0.39, 0.29) is 17.9 Å². The van der Waals surface area contributed by atoms with Gasteiger partial charge in [0.25, 0.3) is 0 Å². The van der Waals surface area contributed by atoms with Gasteiger partial charge in [0.2, 0.25) is 5.91 Å². The summed E-state index contributed by atoms with van der Waals surface area (Å²) in [5, 5.41) is 4.30. The number of aromatic nitrogens is 1. The lowest BCUT2D eigenvalue weighted by molar-refractivity contribution is -0.126. The summed E-state index contributed by atoms with van der Waals surface area (Å²) in [6.45, 7) is 5.42. The molecule has 0 saturated carbocycles. The number of carbonyl (C=O) groups is 1. The summed E-state index contributed by atoms with van der Waals surface area (Å²) >= 11 is 0. The number of anilines is 1. The summed E-state index contributed by atoms with van der Waals surface area (Å²) in [4.78, 5) is 19.3. The minimum atomic E-state index is 0.113. The van der Waals surface area contributed by atoms with Crippen molar-refractivity contribution in [1.82, 2.24) is 10.3 Å². The minimum absolute atomic E-state index is 0.113. The molecule has 2 aromatic rings. The van der Waals surface area contributed by atoms with Gasteiger partial charge in [-0.15, -0.1) is 0 Å². The van der Waals surface area contributed by atoms with E-state index in [9.17, 15) is 4.79 Å². The van der Waals surface area contributed by atoms with Gasteiger partial charge >= 0.3 is 0 Å². The van der Waals surface area contributed by atoms with Crippen molar-refractivity contribution >= 4 is 22.5 Å². The Bertz CT molecular complexity index is 778. The number of nitrogens with zero attached hydrogens (tertiary/aromatic N) is 2. The van der Waals surface area contributed by atoms with Gasteiger partial charge in [0, 0.05) is 49.4 Å². The highest BCUT2D eigenvalue weighted by Gasteiger charge is 2.26. The Kier molecular flexibility index (Phi) is 5.07. The van der Waals surface area contributed by atoms with Crippen LogP contribution in [0.4, 0.5) is 5.69 Å². The maximum atomic E-state index is 12.5. The Hall–Kier alpha value is -2.14. The molecule has 1 aromatic carbocycles. The number of hydrogen-bond donors (Lipinski definition) is 1. The van der Waals surface area contributed by atoms with Crippen molar-refractivity contribution in [2.45, 2.75) is 38.7 Å². The van der Waals surface area contributed by atoms with Gasteiger partial charge in [0.15, 0.2) is 0 Å². The highest BCUT2D eigenvalue weighted by atomic mass is 16.5. The van der Waals surface area contributed by atoms with E-state index in [1.54, 1.807) is 0 Å². The van der Waals surface area contributed by atoms with E-state index in [0.717, 1.165) is 50.9 Å². The predicted octanol–water partition coefficient (Wildman–Crippen LogP) is 3.05. The van der Waals surface area contributed by atoms with Crippen molar-refractivity contribution in [3.05, 3.63) is 36.0 Å². The van der Waals surface area contributed by atoms with E-state index in [4.69, 9.17) is 4.74 Å². The largest absolute Gasteiger partial charge is 0.376 e. The summed E-state index contributed by atoms with van der Waals surface area (Å²) in [5.41, 5.74) is 3.51. The fourth-order valence-electron chi connectivity index (χ4n) is 4.07. The maximum Gasteiger partial charge on any atom is 0.223 e. The Morgan fingerprint density at radius 3 is 2.88 bits per heavy atom. The number of carbonyl (C=O) groups excluding carboxylic acids is 1. The Morgan fingerprint density at radius 1 is 1.27 bits per heavy atom. The first-order valence-corrected chi connectivity index (χ1v) is 9.70. The fourth-order valence-corrected chi connectivity index (χ4v) is 4.07. The smallest absolute Gasteiger partial charge is 0.223 e. The first-order valence-electron chi connectivity index (χ1n) is 9.70. The number of benzene rings is 1. The van der Waals surface area contributed by atoms with Gasteiger partial charge in [-0.2, -0.15) is 0 Å². The number of aryl methyl sites for hydroxylation is 1. The highest BCUT2D eigenvalue weighted by molar-refractivity contribution is 5.92. The molecule has 0 radical (unpaired) electrons. The van der Waals surface area contributed by atoms with Gasteiger partial charge in [-0.25, -0.2) is 0 Å². The molecule has 1 atom stereocenters. The molecule has 138 valence electrons. The summed E-state index contributed by atoms with van der Waals surface area (Å²) in [6.07, 6.45) is 6.06. The quantitative estimate of drug-likeness (QED) is 0.918. The lowest BCUT2D eigenvalue weighted by Gasteiger charge is -2.33. The summed E-state index contributed by atoms with van der Waals surface area (Å²) in [7, 11) is 0. The maximum absolute atomic E-state index is 12.5. The van der Waals surface area contributed by atoms with Crippen molar-refractivity contribution in [3.8, 4) is 0 Å². The number of fused-ring (bicyclic) bond motifs is 1. The molecule has 1 amide bonds. The number of pyridine rings is 1. The van der Waals surface area contributed by atoms with E-state index in [2.05, 4.69) is 46.4 Å². The predicted molar refractivity (Wildman–Crippen MR) is 103 cm³/mol. The Labute approximate surface area is 154 Å². The molecule has 1 aromatic heterocycles. The second-order valence-corrected chi connectivity index (χ2v) is 7.49. The van der Waals surface area contributed by atoms with E-state index < -0.39 is 0 Å². The molecule has 3 heterocycles. The second-order valence-electron chi connectivity index (χ2n) is 7.49. The van der Waals surface area contributed by atoms with Crippen LogP contribution < -0.4 is 10.2 Å². The van der Waals surface area contributed by atoms with Crippen LogP contribution in [-0.4, -0.2) is 43.2 Å². The van der Waals surface area contributed by atoms with Gasteiger partial charge in [-0.05, 0) is 50.8 Å². The molecule has 5 heteroatoms. The molecule has 1 N–H and O–H groups in total. The van der Waals surface area contributed by atoms with Crippen LogP contribution in [0.2, 0.25) is 0 Å². The lowest BCUT2D eigenvalue weighted by atomic mass is 9.95. The summed E-state index contributed by atoms with van der Waals surface area (Å²) < 4.78 is 5.59. The number of rotatable bonds is 4. The number of piperidine rings is 1. The van der Waals surface area contributed by atoms with Gasteiger partial charge in [-0.3, -0.25) is 9.78 Å². The van der Waals surface area contributed by atoms with E-state index in [0.29, 0.717) is 6.54 Å². The van der Waals surface area contributed by atoms with Gasteiger partial charge in [0.1, 0.15) is 0 Å². The first kappa shape index (κ1) is 17.3. The van der Waals surface area contributed by atoms with Crippen LogP contribution in [0, 0.1) is 12.8 Å². The van der Waals surface area contributed by atoms with Gasteiger partial charge < -0.3 is 15.0 Å². The topological polar surface area (TPSA) is 54.5 Å². The summed E-state index contributed by atoms with van der Waals surface area (Å²) in [6, 6.07) is 8.49. The van der Waals surface area contributed by atoms with Crippen molar-refractivity contribution in [3.63, 3.8) is 0 Å². The van der Waals surface area contributed by atoms with Crippen LogP contribution in [0.3, 0.4) is 0 Å². The molecule has 2 aliphatic heterocycles. The van der Waals surface area contributed by atoms with Crippen LogP contribution in [0.25, 0.3) is 10.9 Å². The third kappa shape index (κ3) is 3.68. The fraction of sp³-hybridized carbons (Fsp3) is 0.524. The number of amides is 1. The van der Waals surface area contributed by atoms with Crippen molar-refractivity contribution < 1.29 is 9.53 Å². The average Bonchev–Trinajstić information content (AvgIpc) is 3.19. The molecule has 4 rings (SSSR count). The number of hydrogen-bond acceptors (Lipinski definition) is 4. The zero-order valence-corrected chi connectivity index (χ0v) is 15.4. The third-order valence-corrected chi connectivity index (χ3v) is 5.61. The lowest BCUT2D eigenvalue weighted by Crippen LogP contribution is -2.42. The molecular formula is C21H27N3O2. The molecule has 2 saturated heterocycles. The molecule has 2 fully saturated rings. The first-order chi connectivity index (χ1) is 12.7. The minimum Gasteiger partial charge on any atom is -0.376 e. The van der Waals surface area contributed by atoms with E-state index >= 15 is 0 Å².